The van der Waals surface area contributed by atoms with Crippen LogP contribution < -0.4 is 5.32 Å². The number of rotatable bonds is 3. The van der Waals surface area contributed by atoms with Gasteiger partial charge in [0.15, 0.2) is 0 Å². The average molecular weight is 249 g/mol. The molecule has 0 heterocycles. The number of nitro benzene ring substituents is 1. The zero-order chi connectivity index (χ0) is 13.3. The van der Waals surface area contributed by atoms with Crippen molar-refractivity contribution in [1.82, 2.24) is 0 Å². The molecule has 0 unspecified atom stereocenters. The van der Waals surface area contributed by atoms with Crippen LogP contribution in [0.1, 0.15) is 12.8 Å². The molecule has 1 fully saturated rings. The molecule has 0 aromatic heterocycles. The normalized spacial score (nSPS) is 15.6. The van der Waals surface area contributed by atoms with Gasteiger partial charge in [-0.15, -0.1) is 0 Å². The number of carbonyl (C=O) groups is 1. The monoisotopic (exact) mass is 249 g/mol. The van der Waals surface area contributed by atoms with Crippen molar-refractivity contribution in [1.29, 1.82) is 5.26 Å². The quantitative estimate of drug-likeness (QED) is 0.654. The van der Waals surface area contributed by atoms with Gasteiger partial charge in [0.2, 0.25) is 11.7 Å². The van der Waals surface area contributed by atoms with Crippen molar-refractivity contribution >= 4 is 17.3 Å². The van der Waals surface area contributed by atoms with Gasteiger partial charge in [-0.2, -0.15) is 9.65 Å². The third kappa shape index (κ3) is 2.00. The van der Waals surface area contributed by atoms with E-state index >= 15 is 0 Å². The first-order valence-electron chi connectivity index (χ1n) is 5.15. The van der Waals surface area contributed by atoms with E-state index in [0.717, 1.165) is 12.1 Å². The van der Waals surface area contributed by atoms with Gasteiger partial charge >= 0.3 is 5.69 Å². The Kier molecular flexibility index (Phi) is 2.71. The summed E-state index contributed by atoms with van der Waals surface area (Å²) >= 11 is 0. The number of nitrogens with zero attached hydrogens (tertiary/aromatic N) is 2. The third-order valence-corrected chi connectivity index (χ3v) is 2.80. The first kappa shape index (κ1) is 12.0. The molecule has 0 saturated heterocycles. The minimum absolute atomic E-state index is 0.106. The van der Waals surface area contributed by atoms with E-state index in [9.17, 15) is 19.3 Å². The average Bonchev–Trinajstić information content (AvgIpc) is 3.12. The van der Waals surface area contributed by atoms with Crippen molar-refractivity contribution in [3.63, 3.8) is 0 Å². The van der Waals surface area contributed by atoms with Gasteiger partial charge in [0, 0.05) is 11.8 Å². The highest BCUT2D eigenvalue weighted by atomic mass is 19.1. The Balaban J connectivity index is 2.21. The number of anilines is 1. The fourth-order valence-corrected chi connectivity index (χ4v) is 1.50. The molecule has 7 heteroatoms. The summed E-state index contributed by atoms with van der Waals surface area (Å²) in [5.74, 6) is -1.48. The van der Waals surface area contributed by atoms with Crippen LogP contribution in [0.2, 0.25) is 0 Å². The second-order valence-electron chi connectivity index (χ2n) is 4.07. The van der Waals surface area contributed by atoms with E-state index in [1.54, 1.807) is 0 Å². The lowest BCUT2D eigenvalue weighted by Crippen LogP contribution is -2.22. The highest BCUT2D eigenvalue weighted by Crippen LogP contribution is 2.45. The second-order valence-corrected chi connectivity index (χ2v) is 4.07. The number of carbonyl (C=O) groups excluding carboxylic acids is 1. The molecule has 18 heavy (non-hydrogen) atoms. The molecule has 0 radical (unpaired) electrons. The number of benzene rings is 1. The molecule has 0 spiro atoms. The summed E-state index contributed by atoms with van der Waals surface area (Å²) < 4.78 is 13.1. The molecule has 2 rings (SSSR count). The first-order chi connectivity index (χ1) is 8.48. The minimum Gasteiger partial charge on any atom is -0.324 e. The number of amides is 1. The molecule has 0 bridgehead atoms. The fraction of sp³-hybridized carbons (Fsp3) is 0.273. The summed E-state index contributed by atoms with van der Waals surface area (Å²) in [5, 5.41) is 21.7. The SMILES string of the molecule is N#CC1(C(=O)Nc2ccc(F)c([N+](=O)[O-])c2)CC1. The minimum atomic E-state index is -1.02. The number of hydrogen-bond donors (Lipinski definition) is 1. The van der Waals surface area contributed by atoms with E-state index in [2.05, 4.69) is 5.32 Å². The van der Waals surface area contributed by atoms with Crippen LogP contribution in [0.4, 0.5) is 15.8 Å². The molecular formula is C11H8FN3O3. The van der Waals surface area contributed by atoms with Gasteiger partial charge in [-0.3, -0.25) is 14.9 Å². The van der Waals surface area contributed by atoms with Gasteiger partial charge in [-0.25, -0.2) is 0 Å². The van der Waals surface area contributed by atoms with Crippen molar-refractivity contribution in [2.45, 2.75) is 12.8 Å². The lowest BCUT2D eigenvalue weighted by molar-refractivity contribution is -0.387. The third-order valence-electron chi connectivity index (χ3n) is 2.80. The molecule has 1 aliphatic carbocycles. The largest absolute Gasteiger partial charge is 0.324 e. The molecule has 1 saturated carbocycles. The number of nitro groups is 1. The van der Waals surface area contributed by atoms with Crippen LogP contribution >= 0.6 is 0 Å². The van der Waals surface area contributed by atoms with Crippen LogP contribution in [0, 0.1) is 32.7 Å². The molecule has 0 atom stereocenters. The van der Waals surface area contributed by atoms with Gasteiger partial charge in [-0.05, 0) is 25.0 Å². The molecule has 92 valence electrons. The zero-order valence-corrected chi connectivity index (χ0v) is 9.14. The van der Waals surface area contributed by atoms with Crippen LogP contribution in [0.3, 0.4) is 0 Å². The maximum Gasteiger partial charge on any atom is 0.306 e. The van der Waals surface area contributed by atoms with E-state index < -0.39 is 27.8 Å². The van der Waals surface area contributed by atoms with Crippen molar-refractivity contribution in [3.05, 3.63) is 34.1 Å². The van der Waals surface area contributed by atoms with E-state index in [0.29, 0.717) is 12.8 Å². The predicted octanol–water partition coefficient (Wildman–Crippen LogP) is 1.98. The summed E-state index contributed by atoms with van der Waals surface area (Å²) in [6.45, 7) is 0. The Morgan fingerprint density at radius 1 is 1.56 bits per heavy atom. The standard InChI is InChI=1S/C11H8FN3O3/c12-8-2-1-7(5-9(8)15(17)18)14-10(16)11(6-13)3-4-11/h1-2,5H,3-4H2,(H,14,16). The van der Waals surface area contributed by atoms with Crippen molar-refractivity contribution in [2.24, 2.45) is 5.41 Å². The Morgan fingerprint density at radius 3 is 2.72 bits per heavy atom. The van der Waals surface area contributed by atoms with Gasteiger partial charge in [-0.1, -0.05) is 0 Å². The highest BCUT2D eigenvalue weighted by Gasteiger charge is 2.50. The molecule has 0 aliphatic heterocycles. The Bertz CT molecular complexity index is 575. The van der Waals surface area contributed by atoms with Crippen molar-refractivity contribution in [2.75, 3.05) is 5.32 Å². The number of hydrogen-bond acceptors (Lipinski definition) is 4. The Morgan fingerprint density at radius 2 is 2.22 bits per heavy atom. The van der Waals surface area contributed by atoms with Crippen molar-refractivity contribution < 1.29 is 14.1 Å². The molecule has 1 amide bonds. The summed E-state index contributed by atoms with van der Waals surface area (Å²) in [6.07, 6.45) is 0.942. The molecule has 1 aromatic carbocycles. The van der Waals surface area contributed by atoms with E-state index in [4.69, 9.17) is 5.26 Å². The van der Waals surface area contributed by atoms with Crippen LogP contribution in [-0.4, -0.2) is 10.8 Å². The van der Waals surface area contributed by atoms with Gasteiger partial charge < -0.3 is 5.32 Å². The molecule has 1 N–H and O–H groups in total. The van der Waals surface area contributed by atoms with Crippen LogP contribution in [-0.2, 0) is 4.79 Å². The predicted molar refractivity (Wildman–Crippen MR) is 59.0 cm³/mol. The highest BCUT2D eigenvalue weighted by molar-refractivity contribution is 5.99. The van der Waals surface area contributed by atoms with E-state index in [1.165, 1.54) is 6.07 Å². The summed E-state index contributed by atoms with van der Waals surface area (Å²) in [5.41, 5.74) is -1.63. The summed E-state index contributed by atoms with van der Waals surface area (Å²) in [4.78, 5) is 21.3. The summed E-state index contributed by atoms with van der Waals surface area (Å²) in [6, 6.07) is 4.95. The Hall–Kier alpha value is -2.49. The van der Waals surface area contributed by atoms with Gasteiger partial charge in [0.05, 0.1) is 11.0 Å². The van der Waals surface area contributed by atoms with E-state index in [-0.39, 0.29) is 5.69 Å². The molecule has 1 aliphatic rings. The molecule has 1 aromatic rings. The fourth-order valence-electron chi connectivity index (χ4n) is 1.50. The zero-order valence-electron chi connectivity index (χ0n) is 9.14. The second kappa shape index (κ2) is 4.07. The first-order valence-corrected chi connectivity index (χ1v) is 5.15. The van der Waals surface area contributed by atoms with Gasteiger partial charge in [0.1, 0.15) is 5.41 Å². The maximum absolute atomic E-state index is 13.1. The maximum atomic E-state index is 13.1. The molecule has 6 nitrogen and oxygen atoms in total. The number of nitrogens with one attached hydrogen (secondary N) is 1. The smallest absolute Gasteiger partial charge is 0.306 e. The number of nitriles is 1. The van der Waals surface area contributed by atoms with Gasteiger partial charge in [0.25, 0.3) is 0 Å². The van der Waals surface area contributed by atoms with E-state index in [1.807, 2.05) is 6.07 Å². The van der Waals surface area contributed by atoms with Crippen molar-refractivity contribution in [3.8, 4) is 6.07 Å². The van der Waals surface area contributed by atoms with Crippen LogP contribution in [0.15, 0.2) is 18.2 Å². The topological polar surface area (TPSA) is 96.0 Å². The van der Waals surface area contributed by atoms with Crippen LogP contribution in [0.25, 0.3) is 0 Å². The lowest BCUT2D eigenvalue weighted by atomic mass is 10.1. The molecular weight excluding hydrogens is 241 g/mol. The van der Waals surface area contributed by atoms with Crippen LogP contribution in [0.5, 0.6) is 0 Å². The summed E-state index contributed by atoms with van der Waals surface area (Å²) in [7, 11) is 0. The Labute approximate surface area is 101 Å². The number of halogens is 1. The lowest BCUT2D eigenvalue weighted by Gasteiger charge is -2.07.